The Hall–Kier alpha value is -3.56. The van der Waals surface area contributed by atoms with Gasteiger partial charge in [-0.1, -0.05) is 19.4 Å². The van der Waals surface area contributed by atoms with Gasteiger partial charge in [0.25, 0.3) is 0 Å². The minimum absolute atomic E-state index is 0.0125. The number of carboxylic acid groups (broad SMARTS) is 1. The Kier molecular flexibility index (Phi) is 11.6. The number of likely N-dealkylation sites (tertiary alicyclic amines) is 1. The van der Waals surface area contributed by atoms with Gasteiger partial charge in [0.2, 0.25) is 15.9 Å². The van der Waals surface area contributed by atoms with Gasteiger partial charge in [-0.2, -0.15) is 0 Å². The number of likely N-dealkylation sites (N-methyl/N-ethyl adjacent to an activating group) is 1. The Morgan fingerprint density at radius 3 is 2.63 bits per heavy atom. The first kappa shape index (κ1) is 32.0. The highest BCUT2D eigenvalue weighted by Crippen LogP contribution is 2.14. The van der Waals surface area contributed by atoms with Crippen LogP contribution >= 0.6 is 0 Å². The molecular weight excluding hydrogens is 554 g/mol. The number of anilines is 1. The van der Waals surface area contributed by atoms with Crippen LogP contribution in [0.15, 0.2) is 28.9 Å². The molecule has 3 amide bonds. The van der Waals surface area contributed by atoms with Crippen molar-refractivity contribution in [2.24, 2.45) is 0 Å². The standard InChI is InChI=1S/C26H39N7O7S/c1-4-5-13-41(38,39)31-21(25(35)36)14-22-28-15-20(40-22)16-32(3)23(34)17-33-11-8-19(9-12-33)29-26(37)30-24-18(2)7-6-10-27-24/h6-7,10,15,19,21,31H,4-5,8-9,11-14,16-17H2,1-3H3,(H,35,36)(H2,27,29,30,37). The molecule has 1 aliphatic rings. The van der Waals surface area contributed by atoms with Crippen molar-refractivity contribution in [3.63, 3.8) is 0 Å². The Balaban J connectivity index is 1.42. The Bertz CT molecular complexity index is 1290. The summed E-state index contributed by atoms with van der Waals surface area (Å²) in [4.78, 5) is 48.5. The first-order valence-corrected chi connectivity index (χ1v) is 15.2. The number of urea groups is 1. The molecule has 0 aromatic carbocycles. The number of carbonyl (C=O) groups is 3. The van der Waals surface area contributed by atoms with E-state index in [1.807, 2.05) is 24.8 Å². The molecule has 3 heterocycles. The number of aryl methyl sites for hydroxylation is 1. The van der Waals surface area contributed by atoms with E-state index in [9.17, 15) is 27.9 Å². The van der Waals surface area contributed by atoms with E-state index >= 15 is 0 Å². The molecule has 1 saturated heterocycles. The average molecular weight is 594 g/mol. The lowest BCUT2D eigenvalue weighted by Gasteiger charge is -2.32. The number of amides is 3. The molecule has 41 heavy (non-hydrogen) atoms. The summed E-state index contributed by atoms with van der Waals surface area (Å²) < 4.78 is 32.1. The van der Waals surface area contributed by atoms with Crippen molar-refractivity contribution in [1.82, 2.24) is 29.8 Å². The number of piperidine rings is 1. The quantitative estimate of drug-likeness (QED) is 0.249. The molecule has 0 saturated carbocycles. The highest BCUT2D eigenvalue weighted by Gasteiger charge is 2.27. The number of oxazole rings is 1. The van der Waals surface area contributed by atoms with Crippen LogP contribution in [-0.4, -0.2) is 95.7 Å². The van der Waals surface area contributed by atoms with Crippen LogP contribution < -0.4 is 15.4 Å². The van der Waals surface area contributed by atoms with Crippen molar-refractivity contribution in [2.45, 2.75) is 64.6 Å². The number of carboxylic acids is 1. The smallest absolute Gasteiger partial charge is 0.322 e. The van der Waals surface area contributed by atoms with Gasteiger partial charge in [-0.25, -0.2) is 27.9 Å². The molecule has 1 unspecified atom stereocenters. The van der Waals surface area contributed by atoms with Crippen molar-refractivity contribution < 1.29 is 32.3 Å². The number of aromatic nitrogens is 2. The largest absolute Gasteiger partial charge is 0.480 e. The van der Waals surface area contributed by atoms with Gasteiger partial charge >= 0.3 is 12.0 Å². The summed E-state index contributed by atoms with van der Waals surface area (Å²) in [5, 5.41) is 15.2. The number of hydrogen-bond acceptors (Lipinski definition) is 9. The SMILES string of the molecule is CCCCS(=O)(=O)NC(Cc1ncc(CN(C)C(=O)CN2CCC(NC(=O)Nc3ncccc3C)CC2)o1)C(=O)O. The van der Waals surface area contributed by atoms with Crippen molar-refractivity contribution in [1.29, 1.82) is 0 Å². The van der Waals surface area contributed by atoms with E-state index in [0.29, 0.717) is 50.4 Å². The summed E-state index contributed by atoms with van der Waals surface area (Å²) in [6.07, 6.45) is 5.24. The summed E-state index contributed by atoms with van der Waals surface area (Å²) >= 11 is 0. The average Bonchev–Trinajstić information content (AvgIpc) is 3.36. The molecule has 2 aromatic rings. The van der Waals surface area contributed by atoms with Crippen LogP contribution in [0.5, 0.6) is 0 Å². The van der Waals surface area contributed by atoms with E-state index in [1.165, 1.54) is 11.1 Å². The maximum absolute atomic E-state index is 12.8. The fourth-order valence-corrected chi connectivity index (χ4v) is 5.70. The van der Waals surface area contributed by atoms with Crippen LogP contribution in [0.2, 0.25) is 0 Å². The third kappa shape index (κ3) is 10.4. The zero-order chi connectivity index (χ0) is 30.0. The summed E-state index contributed by atoms with van der Waals surface area (Å²) in [7, 11) is -2.12. The normalized spacial score (nSPS) is 15.3. The zero-order valence-corrected chi connectivity index (χ0v) is 24.4. The maximum Gasteiger partial charge on any atom is 0.322 e. The first-order valence-electron chi connectivity index (χ1n) is 13.6. The number of rotatable bonds is 14. The molecule has 3 rings (SSSR count). The second-order valence-electron chi connectivity index (χ2n) is 10.2. The second kappa shape index (κ2) is 14.9. The van der Waals surface area contributed by atoms with Crippen LogP contribution in [0.25, 0.3) is 0 Å². The fourth-order valence-electron chi connectivity index (χ4n) is 4.29. The molecule has 0 bridgehead atoms. The van der Waals surface area contributed by atoms with Gasteiger partial charge in [0.15, 0.2) is 5.89 Å². The molecule has 1 aliphatic heterocycles. The number of sulfonamides is 1. The Morgan fingerprint density at radius 2 is 1.98 bits per heavy atom. The molecule has 226 valence electrons. The summed E-state index contributed by atoms with van der Waals surface area (Å²) in [5.74, 6) is -0.700. The van der Waals surface area contributed by atoms with Gasteiger partial charge in [-0.15, -0.1) is 0 Å². The van der Waals surface area contributed by atoms with E-state index < -0.39 is 22.0 Å². The second-order valence-corrected chi connectivity index (χ2v) is 12.0. The van der Waals surface area contributed by atoms with E-state index in [1.54, 1.807) is 19.3 Å². The number of unbranched alkanes of at least 4 members (excludes halogenated alkanes) is 1. The minimum Gasteiger partial charge on any atom is -0.480 e. The predicted octanol–water partition coefficient (Wildman–Crippen LogP) is 1.34. The van der Waals surface area contributed by atoms with E-state index in [-0.39, 0.29) is 49.1 Å². The van der Waals surface area contributed by atoms with Crippen LogP contribution in [0.1, 0.15) is 49.8 Å². The fraction of sp³-hybridized carbons (Fsp3) is 0.577. The van der Waals surface area contributed by atoms with Crippen LogP contribution in [-0.2, 0) is 32.6 Å². The van der Waals surface area contributed by atoms with Gasteiger partial charge in [-0.05, 0) is 37.8 Å². The number of carbonyl (C=O) groups excluding carboxylic acids is 2. The first-order chi connectivity index (χ1) is 19.5. The lowest BCUT2D eigenvalue weighted by atomic mass is 10.1. The predicted molar refractivity (Wildman–Crippen MR) is 151 cm³/mol. The van der Waals surface area contributed by atoms with Crippen molar-refractivity contribution in [2.75, 3.05) is 37.8 Å². The van der Waals surface area contributed by atoms with E-state index in [4.69, 9.17) is 4.42 Å². The van der Waals surface area contributed by atoms with Crippen LogP contribution in [0.4, 0.5) is 10.6 Å². The van der Waals surface area contributed by atoms with Crippen LogP contribution in [0, 0.1) is 6.92 Å². The number of aliphatic carboxylic acids is 1. The molecule has 0 spiro atoms. The third-order valence-electron chi connectivity index (χ3n) is 6.71. The third-order valence-corrected chi connectivity index (χ3v) is 8.18. The lowest BCUT2D eigenvalue weighted by Crippen LogP contribution is -2.48. The van der Waals surface area contributed by atoms with Gasteiger partial charge in [-0.3, -0.25) is 19.8 Å². The molecule has 2 aromatic heterocycles. The van der Waals surface area contributed by atoms with E-state index in [0.717, 1.165) is 5.56 Å². The van der Waals surface area contributed by atoms with Gasteiger partial charge in [0.05, 0.1) is 31.5 Å². The lowest BCUT2D eigenvalue weighted by molar-refractivity contribution is -0.139. The van der Waals surface area contributed by atoms with Gasteiger partial charge < -0.3 is 19.7 Å². The molecule has 0 aliphatic carbocycles. The molecule has 14 nitrogen and oxygen atoms in total. The van der Waals surface area contributed by atoms with Crippen molar-refractivity contribution in [3.8, 4) is 0 Å². The monoisotopic (exact) mass is 593 g/mol. The summed E-state index contributed by atoms with van der Waals surface area (Å²) in [6.45, 7) is 5.32. The Labute approximate surface area is 239 Å². The summed E-state index contributed by atoms with van der Waals surface area (Å²) in [6, 6.07) is 1.94. The van der Waals surface area contributed by atoms with Crippen molar-refractivity contribution in [3.05, 3.63) is 41.7 Å². The zero-order valence-electron chi connectivity index (χ0n) is 23.6. The Morgan fingerprint density at radius 1 is 1.24 bits per heavy atom. The molecule has 15 heteroatoms. The molecule has 1 atom stereocenters. The number of hydrogen-bond donors (Lipinski definition) is 4. The van der Waals surface area contributed by atoms with Gasteiger partial charge in [0.1, 0.15) is 17.6 Å². The number of nitrogens with zero attached hydrogens (tertiary/aromatic N) is 4. The highest BCUT2D eigenvalue weighted by molar-refractivity contribution is 7.89. The van der Waals surface area contributed by atoms with Crippen molar-refractivity contribution >= 4 is 33.7 Å². The van der Waals surface area contributed by atoms with E-state index in [2.05, 4.69) is 25.3 Å². The number of pyridine rings is 1. The maximum atomic E-state index is 12.8. The molecule has 1 fully saturated rings. The molecular formula is C26H39N7O7S. The summed E-state index contributed by atoms with van der Waals surface area (Å²) in [5.41, 5.74) is 0.872. The minimum atomic E-state index is -3.75. The van der Waals surface area contributed by atoms with Gasteiger partial charge in [0, 0.05) is 32.4 Å². The molecule has 0 radical (unpaired) electrons. The topological polar surface area (TPSA) is 187 Å². The molecule has 4 N–H and O–H groups in total. The highest BCUT2D eigenvalue weighted by atomic mass is 32.2. The van der Waals surface area contributed by atoms with Crippen LogP contribution in [0.3, 0.4) is 0 Å². The number of nitrogens with one attached hydrogen (secondary N) is 3.